The number of hydrogen-bond acceptors (Lipinski definition) is 5. The van der Waals surface area contributed by atoms with E-state index in [4.69, 9.17) is 14.5 Å². The van der Waals surface area contributed by atoms with Crippen molar-refractivity contribution < 1.29 is 9.47 Å². The number of aromatic nitrogens is 3. The molecule has 4 aromatic rings. The highest BCUT2D eigenvalue weighted by atomic mass is 16.5. The van der Waals surface area contributed by atoms with Crippen LogP contribution in [0.1, 0.15) is 43.7 Å². The summed E-state index contributed by atoms with van der Waals surface area (Å²) in [6.07, 6.45) is 5.87. The number of nitrogens with zero attached hydrogens (tertiary/aromatic N) is 3. The third kappa shape index (κ3) is 4.31. The van der Waals surface area contributed by atoms with E-state index < -0.39 is 0 Å². The van der Waals surface area contributed by atoms with Gasteiger partial charge in [-0.3, -0.25) is 9.55 Å². The van der Waals surface area contributed by atoms with Crippen molar-refractivity contribution in [3.8, 4) is 16.9 Å². The van der Waals surface area contributed by atoms with E-state index in [1.807, 2.05) is 19.2 Å². The van der Waals surface area contributed by atoms with E-state index in [1.54, 1.807) is 11.7 Å². The summed E-state index contributed by atoms with van der Waals surface area (Å²) in [7, 11) is 3.57. The number of rotatable bonds is 8. The molecular formula is C29H34N4O3. The molecule has 0 bridgehead atoms. The van der Waals surface area contributed by atoms with Gasteiger partial charge in [0, 0.05) is 32.0 Å². The molecule has 0 atom stereocenters. The number of pyridine rings is 1. The zero-order valence-corrected chi connectivity index (χ0v) is 21.1. The van der Waals surface area contributed by atoms with Crippen molar-refractivity contribution in [2.24, 2.45) is 7.05 Å². The van der Waals surface area contributed by atoms with Crippen LogP contribution in [0.3, 0.4) is 0 Å². The molecule has 0 unspecified atom stereocenters. The molecule has 6 rings (SSSR count). The van der Waals surface area contributed by atoms with Crippen LogP contribution in [0.25, 0.3) is 33.1 Å². The highest BCUT2D eigenvalue weighted by Crippen LogP contribution is 2.41. The van der Waals surface area contributed by atoms with Crippen LogP contribution in [-0.4, -0.2) is 58.9 Å². The quantitative estimate of drug-likeness (QED) is 0.361. The maximum atomic E-state index is 12.6. The van der Waals surface area contributed by atoms with E-state index in [-0.39, 0.29) is 11.8 Å². The number of benzene rings is 2. The van der Waals surface area contributed by atoms with Crippen molar-refractivity contribution in [2.75, 3.05) is 33.4 Å². The van der Waals surface area contributed by atoms with Gasteiger partial charge in [0.15, 0.2) is 0 Å². The summed E-state index contributed by atoms with van der Waals surface area (Å²) in [5.41, 5.74) is 5.75. The topological polar surface area (TPSA) is 72.4 Å². The molecule has 1 N–H and O–H groups in total. The van der Waals surface area contributed by atoms with Crippen molar-refractivity contribution in [1.82, 2.24) is 19.4 Å². The fraction of sp³-hybridized carbons (Fsp3) is 0.448. The highest BCUT2D eigenvalue weighted by molar-refractivity contribution is 6.04. The summed E-state index contributed by atoms with van der Waals surface area (Å²) < 4.78 is 13.2. The normalized spacial score (nSPS) is 20.3. The largest absolute Gasteiger partial charge is 0.494 e. The van der Waals surface area contributed by atoms with Gasteiger partial charge >= 0.3 is 5.69 Å². The number of fused-ring (bicyclic) bond motifs is 3. The molecule has 7 nitrogen and oxygen atoms in total. The minimum Gasteiger partial charge on any atom is -0.494 e. The van der Waals surface area contributed by atoms with Gasteiger partial charge in [0.05, 0.1) is 35.0 Å². The van der Waals surface area contributed by atoms with Crippen LogP contribution in [0.4, 0.5) is 0 Å². The van der Waals surface area contributed by atoms with Gasteiger partial charge in [-0.1, -0.05) is 18.2 Å². The van der Waals surface area contributed by atoms with Crippen LogP contribution in [0, 0.1) is 0 Å². The summed E-state index contributed by atoms with van der Waals surface area (Å²) in [6.45, 7) is 4.32. The Balaban J connectivity index is 1.24. The molecular weight excluding hydrogens is 452 g/mol. The number of aryl methyl sites for hydroxylation is 1. The lowest BCUT2D eigenvalue weighted by atomic mass is 9.79. The lowest BCUT2D eigenvalue weighted by Crippen LogP contribution is -2.29. The van der Waals surface area contributed by atoms with E-state index in [2.05, 4.69) is 40.2 Å². The lowest BCUT2D eigenvalue weighted by Gasteiger charge is -2.34. The Hall–Kier alpha value is -3.16. The molecule has 0 spiro atoms. The standard InChI is InChI=1S/C29H34N4O3/c1-32-28-26(21-16-23(17-21)35-2)30-25-11-8-20(18-24(25)27(28)31-29(32)34)19-6-9-22(10-7-19)36-15-5-14-33-12-3-4-13-33/h6-11,18,21,23H,3-5,12-17H2,1-2H3,(H,31,34). The van der Waals surface area contributed by atoms with Crippen molar-refractivity contribution >= 4 is 21.9 Å². The summed E-state index contributed by atoms with van der Waals surface area (Å²) in [5, 5.41) is 0.966. The number of likely N-dealkylation sites (tertiary alicyclic amines) is 1. The van der Waals surface area contributed by atoms with Crippen molar-refractivity contribution in [1.29, 1.82) is 0 Å². The molecule has 1 aliphatic heterocycles. The second-order valence-corrected chi connectivity index (χ2v) is 10.2. The molecule has 2 fully saturated rings. The van der Waals surface area contributed by atoms with Gasteiger partial charge in [-0.2, -0.15) is 0 Å². The van der Waals surface area contributed by atoms with Gasteiger partial charge in [-0.25, -0.2) is 4.79 Å². The monoisotopic (exact) mass is 486 g/mol. The summed E-state index contributed by atoms with van der Waals surface area (Å²) in [6, 6.07) is 14.6. The number of methoxy groups -OCH3 is 1. The Kier molecular flexibility index (Phi) is 6.27. The third-order valence-corrected chi connectivity index (χ3v) is 7.95. The molecule has 0 radical (unpaired) electrons. The molecule has 2 aromatic carbocycles. The third-order valence-electron chi connectivity index (χ3n) is 7.95. The number of nitrogens with one attached hydrogen (secondary N) is 1. The zero-order chi connectivity index (χ0) is 24.6. The fourth-order valence-corrected chi connectivity index (χ4v) is 5.70. The van der Waals surface area contributed by atoms with Crippen molar-refractivity contribution in [3.05, 3.63) is 58.6 Å². The molecule has 1 saturated heterocycles. The number of ether oxygens (including phenoxy) is 2. The summed E-state index contributed by atoms with van der Waals surface area (Å²) in [4.78, 5) is 23.2. The molecule has 1 aliphatic carbocycles. The minimum atomic E-state index is -0.111. The molecule has 2 aliphatic rings. The molecule has 188 valence electrons. The molecule has 0 amide bonds. The Bertz CT molecular complexity index is 1430. The predicted molar refractivity (Wildman–Crippen MR) is 143 cm³/mol. The number of imidazole rings is 1. The number of H-pyrrole nitrogens is 1. The van der Waals surface area contributed by atoms with Crippen LogP contribution in [0.5, 0.6) is 5.75 Å². The van der Waals surface area contributed by atoms with Crippen LogP contribution in [0.2, 0.25) is 0 Å². The Labute approximate surface area is 211 Å². The van der Waals surface area contributed by atoms with E-state index in [0.29, 0.717) is 5.92 Å². The first-order chi connectivity index (χ1) is 17.6. The maximum Gasteiger partial charge on any atom is 0.326 e. The van der Waals surface area contributed by atoms with Gasteiger partial charge in [0.25, 0.3) is 0 Å². The van der Waals surface area contributed by atoms with Crippen molar-refractivity contribution in [3.63, 3.8) is 0 Å². The van der Waals surface area contributed by atoms with E-state index in [1.165, 1.54) is 25.9 Å². The Morgan fingerprint density at radius 1 is 1.06 bits per heavy atom. The predicted octanol–water partition coefficient (Wildman–Crippen LogP) is 4.84. The first kappa shape index (κ1) is 23.3. The zero-order valence-electron chi connectivity index (χ0n) is 21.1. The second-order valence-electron chi connectivity index (χ2n) is 10.2. The maximum absolute atomic E-state index is 12.6. The Morgan fingerprint density at radius 2 is 1.81 bits per heavy atom. The van der Waals surface area contributed by atoms with Crippen LogP contribution >= 0.6 is 0 Å². The van der Waals surface area contributed by atoms with Gasteiger partial charge in [-0.15, -0.1) is 0 Å². The number of hydrogen-bond donors (Lipinski definition) is 1. The minimum absolute atomic E-state index is 0.111. The average Bonchev–Trinajstić information content (AvgIpc) is 3.49. The van der Waals surface area contributed by atoms with Crippen molar-refractivity contribution in [2.45, 2.75) is 44.1 Å². The molecule has 2 aromatic heterocycles. The smallest absolute Gasteiger partial charge is 0.326 e. The second kappa shape index (κ2) is 9.71. The van der Waals surface area contributed by atoms with Gasteiger partial charge in [0.2, 0.25) is 0 Å². The fourth-order valence-electron chi connectivity index (χ4n) is 5.70. The average molecular weight is 487 g/mol. The highest BCUT2D eigenvalue weighted by Gasteiger charge is 2.34. The Morgan fingerprint density at radius 3 is 2.56 bits per heavy atom. The van der Waals surface area contributed by atoms with Gasteiger partial charge < -0.3 is 19.4 Å². The van der Waals surface area contributed by atoms with Crippen LogP contribution in [0.15, 0.2) is 47.3 Å². The first-order valence-electron chi connectivity index (χ1n) is 13.1. The van der Waals surface area contributed by atoms with E-state index >= 15 is 0 Å². The first-order valence-corrected chi connectivity index (χ1v) is 13.1. The summed E-state index contributed by atoms with van der Waals surface area (Å²) >= 11 is 0. The van der Waals surface area contributed by atoms with Crippen LogP contribution < -0.4 is 10.4 Å². The van der Waals surface area contributed by atoms with Crippen LogP contribution in [-0.2, 0) is 11.8 Å². The number of aromatic amines is 1. The molecule has 1 saturated carbocycles. The molecule has 36 heavy (non-hydrogen) atoms. The molecule has 3 heterocycles. The van der Waals surface area contributed by atoms with E-state index in [9.17, 15) is 4.79 Å². The SMILES string of the molecule is COC1CC(c2nc3ccc(-c4ccc(OCCCN5CCCC5)cc4)cc3c3[nH]c(=O)n(C)c23)C1. The van der Waals surface area contributed by atoms with Gasteiger partial charge in [0.1, 0.15) is 5.75 Å². The van der Waals surface area contributed by atoms with Gasteiger partial charge in [-0.05, 0) is 80.6 Å². The van der Waals surface area contributed by atoms with E-state index in [0.717, 1.165) is 76.9 Å². The summed E-state index contributed by atoms with van der Waals surface area (Å²) in [5.74, 6) is 1.21. The molecule has 7 heteroatoms. The lowest BCUT2D eigenvalue weighted by molar-refractivity contribution is 0.0251.